The second kappa shape index (κ2) is 7.54. The van der Waals surface area contributed by atoms with Gasteiger partial charge in [-0.15, -0.1) is 0 Å². The number of hydrogen-bond donors (Lipinski definition) is 1. The fourth-order valence-electron chi connectivity index (χ4n) is 3.10. The van der Waals surface area contributed by atoms with Gasteiger partial charge in [0, 0.05) is 0 Å². The number of aliphatic hydroxyl groups is 1. The van der Waals surface area contributed by atoms with Crippen LogP contribution in [0.25, 0.3) is 0 Å². The highest BCUT2D eigenvalue weighted by Crippen LogP contribution is 2.27. The van der Waals surface area contributed by atoms with Crippen LogP contribution in [0.5, 0.6) is 5.75 Å². The summed E-state index contributed by atoms with van der Waals surface area (Å²) in [6.45, 7) is 0. The lowest BCUT2D eigenvalue weighted by Crippen LogP contribution is -2.16. The number of methoxy groups -OCH3 is 1. The predicted octanol–water partition coefficient (Wildman–Crippen LogP) is 3.96. The average Bonchev–Trinajstić information content (AvgIpc) is 2.68. The number of ether oxygens (including phenoxy) is 1. The van der Waals surface area contributed by atoms with Crippen LogP contribution in [0.15, 0.2) is 24.3 Å². The molecule has 1 aliphatic rings. The highest BCUT2D eigenvalue weighted by Gasteiger charge is 2.16. The first-order valence-corrected chi connectivity index (χ1v) is 7.59. The Kier molecular flexibility index (Phi) is 5.71. The smallest absolute Gasteiger partial charge is 0.118 e. The third-order valence-corrected chi connectivity index (χ3v) is 4.21. The minimum atomic E-state index is -0.198. The van der Waals surface area contributed by atoms with Gasteiger partial charge in [0.25, 0.3) is 0 Å². The van der Waals surface area contributed by atoms with E-state index in [1.165, 1.54) is 44.1 Å². The summed E-state index contributed by atoms with van der Waals surface area (Å²) in [4.78, 5) is 0. The zero-order chi connectivity index (χ0) is 13.5. The van der Waals surface area contributed by atoms with Gasteiger partial charge in [0.1, 0.15) is 5.75 Å². The van der Waals surface area contributed by atoms with Crippen LogP contribution in [-0.2, 0) is 6.42 Å². The van der Waals surface area contributed by atoms with Crippen LogP contribution in [-0.4, -0.2) is 18.3 Å². The monoisotopic (exact) mass is 262 g/mol. The Hall–Kier alpha value is -1.02. The zero-order valence-corrected chi connectivity index (χ0v) is 12.0. The molecule has 0 amide bonds. The predicted molar refractivity (Wildman–Crippen MR) is 78.5 cm³/mol. The first-order valence-electron chi connectivity index (χ1n) is 7.59. The van der Waals surface area contributed by atoms with Gasteiger partial charge >= 0.3 is 0 Å². The fourth-order valence-corrected chi connectivity index (χ4v) is 3.10. The minimum Gasteiger partial charge on any atom is -0.497 e. The molecule has 0 spiro atoms. The van der Waals surface area contributed by atoms with Crippen LogP contribution in [0.3, 0.4) is 0 Å². The molecule has 0 bridgehead atoms. The maximum Gasteiger partial charge on any atom is 0.118 e. The van der Waals surface area contributed by atoms with E-state index < -0.39 is 0 Å². The Morgan fingerprint density at radius 1 is 1.11 bits per heavy atom. The van der Waals surface area contributed by atoms with Crippen LogP contribution in [0.2, 0.25) is 0 Å². The summed E-state index contributed by atoms with van der Waals surface area (Å²) in [6.07, 6.45) is 9.60. The third-order valence-electron chi connectivity index (χ3n) is 4.21. The maximum atomic E-state index is 10.2. The lowest BCUT2D eigenvalue weighted by atomic mass is 9.91. The number of benzene rings is 1. The normalized spacial score (nSPS) is 18.8. The van der Waals surface area contributed by atoms with Gasteiger partial charge in [0.2, 0.25) is 0 Å². The molecule has 106 valence electrons. The number of hydrogen-bond acceptors (Lipinski definition) is 2. The van der Waals surface area contributed by atoms with Crippen molar-refractivity contribution in [3.8, 4) is 5.75 Å². The Morgan fingerprint density at radius 2 is 1.74 bits per heavy atom. The summed E-state index contributed by atoms with van der Waals surface area (Å²) in [5.41, 5.74) is 1.20. The van der Waals surface area contributed by atoms with Crippen molar-refractivity contribution in [1.82, 2.24) is 0 Å². The summed E-state index contributed by atoms with van der Waals surface area (Å²) >= 11 is 0. The summed E-state index contributed by atoms with van der Waals surface area (Å²) in [6, 6.07) is 8.03. The Bertz CT molecular complexity index is 350. The second-order valence-corrected chi connectivity index (χ2v) is 5.80. The second-order valence-electron chi connectivity index (χ2n) is 5.80. The van der Waals surface area contributed by atoms with Crippen molar-refractivity contribution in [3.05, 3.63) is 29.8 Å². The van der Waals surface area contributed by atoms with E-state index in [0.717, 1.165) is 24.5 Å². The minimum absolute atomic E-state index is 0.198. The molecule has 2 heteroatoms. The average molecular weight is 262 g/mol. The van der Waals surface area contributed by atoms with Gasteiger partial charge in [-0.25, -0.2) is 0 Å². The molecule has 0 aromatic heterocycles. The Balaban J connectivity index is 1.80. The maximum absolute atomic E-state index is 10.2. The summed E-state index contributed by atoms with van der Waals surface area (Å²) in [7, 11) is 1.68. The van der Waals surface area contributed by atoms with Gasteiger partial charge in [0.15, 0.2) is 0 Å². The highest BCUT2D eigenvalue weighted by atomic mass is 16.5. The molecular formula is C17H26O2. The van der Waals surface area contributed by atoms with Crippen LogP contribution in [0.4, 0.5) is 0 Å². The molecule has 0 saturated heterocycles. The summed E-state index contributed by atoms with van der Waals surface area (Å²) in [5.74, 6) is 1.61. The quantitative estimate of drug-likeness (QED) is 0.814. The van der Waals surface area contributed by atoms with Crippen LogP contribution < -0.4 is 4.74 Å². The fraction of sp³-hybridized carbons (Fsp3) is 0.647. The molecule has 1 aliphatic carbocycles. The van der Waals surface area contributed by atoms with Gasteiger partial charge in [0.05, 0.1) is 13.2 Å². The molecule has 0 aliphatic heterocycles. The molecule has 19 heavy (non-hydrogen) atoms. The molecule has 2 rings (SSSR count). The number of rotatable bonds is 5. The van der Waals surface area contributed by atoms with Crippen molar-refractivity contribution >= 4 is 0 Å². The SMILES string of the molecule is COc1ccc(CC(O)CC2CCCCCC2)cc1. The highest BCUT2D eigenvalue weighted by molar-refractivity contribution is 5.27. The molecule has 1 aromatic rings. The summed E-state index contributed by atoms with van der Waals surface area (Å²) < 4.78 is 5.15. The molecule has 1 N–H and O–H groups in total. The lowest BCUT2D eigenvalue weighted by molar-refractivity contribution is 0.137. The van der Waals surface area contributed by atoms with Crippen molar-refractivity contribution in [2.24, 2.45) is 5.92 Å². The molecule has 1 atom stereocenters. The third kappa shape index (κ3) is 4.87. The van der Waals surface area contributed by atoms with E-state index in [0.29, 0.717) is 0 Å². The molecule has 0 radical (unpaired) electrons. The van der Waals surface area contributed by atoms with Crippen LogP contribution >= 0.6 is 0 Å². The van der Waals surface area contributed by atoms with Crippen LogP contribution in [0.1, 0.15) is 50.5 Å². The van der Waals surface area contributed by atoms with Gasteiger partial charge in [-0.3, -0.25) is 0 Å². The number of aliphatic hydroxyl groups excluding tert-OH is 1. The van der Waals surface area contributed by atoms with Gasteiger partial charge < -0.3 is 9.84 Å². The van der Waals surface area contributed by atoms with Crippen molar-refractivity contribution in [3.63, 3.8) is 0 Å². The molecule has 2 nitrogen and oxygen atoms in total. The largest absolute Gasteiger partial charge is 0.497 e. The van der Waals surface area contributed by atoms with Crippen molar-refractivity contribution in [2.45, 2.75) is 57.5 Å². The van der Waals surface area contributed by atoms with E-state index in [4.69, 9.17) is 4.74 Å². The van der Waals surface area contributed by atoms with E-state index in [9.17, 15) is 5.11 Å². The molecule has 1 saturated carbocycles. The van der Waals surface area contributed by atoms with Gasteiger partial charge in [-0.05, 0) is 36.5 Å². The molecule has 0 heterocycles. The topological polar surface area (TPSA) is 29.5 Å². The van der Waals surface area contributed by atoms with Gasteiger partial charge in [-0.2, -0.15) is 0 Å². The molecule has 1 fully saturated rings. The van der Waals surface area contributed by atoms with Crippen molar-refractivity contribution in [2.75, 3.05) is 7.11 Å². The first-order chi connectivity index (χ1) is 9.28. The van der Waals surface area contributed by atoms with Gasteiger partial charge in [-0.1, -0.05) is 50.7 Å². The Labute approximate surface area is 116 Å². The standard InChI is InChI=1S/C17H26O2/c1-19-17-10-8-15(9-11-17)13-16(18)12-14-6-4-2-3-5-7-14/h8-11,14,16,18H,2-7,12-13H2,1H3. The van der Waals surface area contributed by atoms with E-state index in [1.54, 1.807) is 7.11 Å². The van der Waals surface area contributed by atoms with E-state index in [2.05, 4.69) is 12.1 Å². The zero-order valence-electron chi connectivity index (χ0n) is 12.0. The lowest BCUT2D eigenvalue weighted by Gasteiger charge is -2.18. The Morgan fingerprint density at radius 3 is 2.32 bits per heavy atom. The van der Waals surface area contributed by atoms with Crippen molar-refractivity contribution in [1.29, 1.82) is 0 Å². The van der Waals surface area contributed by atoms with E-state index in [1.807, 2.05) is 12.1 Å². The molecule has 1 aromatic carbocycles. The first kappa shape index (κ1) is 14.4. The van der Waals surface area contributed by atoms with Crippen molar-refractivity contribution < 1.29 is 9.84 Å². The summed E-state index contributed by atoms with van der Waals surface area (Å²) in [5, 5.41) is 10.2. The van der Waals surface area contributed by atoms with E-state index >= 15 is 0 Å². The van der Waals surface area contributed by atoms with Crippen LogP contribution in [0, 0.1) is 5.92 Å². The molecule has 1 unspecified atom stereocenters. The van der Waals surface area contributed by atoms with E-state index in [-0.39, 0.29) is 6.10 Å². The molecular weight excluding hydrogens is 236 g/mol.